The number of nitrogens with zero attached hydrogens (tertiary/aromatic N) is 4. The molecule has 0 amide bonds. The molecule has 3 rings (SSSR count). The summed E-state index contributed by atoms with van der Waals surface area (Å²) in [6, 6.07) is 5.70. The lowest BCUT2D eigenvalue weighted by Gasteiger charge is -2.01. The van der Waals surface area contributed by atoms with Crippen molar-refractivity contribution in [1.82, 2.24) is 25.4 Å². The van der Waals surface area contributed by atoms with E-state index in [1.54, 1.807) is 0 Å². The van der Waals surface area contributed by atoms with Crippen molar-refractivity contribution >= 4 is 28.3 Å². The molecule has 0 radical (unpaired) electrons. The van der Waals surface area contributed by atoms with Gasteiger partial charge in [0.25, 0.3) is 0 Å². The van der Waals surface area contributed by atoms with Gasteiger partial charge < -0.3 is 5.73 Å². The molecule has 90 valence electrons. The van der Waals surface area contributed by atoms with Crippen LogP contribution in [0.3, 0.4) is 0 Å². The molecule has 3 aromatic rings. The second-order valence-corrected chi connectivity index (χ2v) is 4.25. The number of nitrogens with two attached hydrogens (primary N) is 1. The smallest absolute Gasteiger partial charge is 0.183 e. The summed E-state index contributed by atoms with van der Waals surface area (Å²) in [6.07, 6.45) is 0. The predicted octanol–water partition coefficient (Wildman–Crippen LogP) is 1.96. The standard InChI is InChI=1S/C11H9ClN6/c1-5-7-4-6(2-3-8(7)16-15-5)11-14-9(12)10(13)17-18-11/h2-4H,1H3,(H2,13,17)(H,15,16). The molecule has 7 heteroatoms. The van der Waals surface area contributed by atoms with Crippen LogP contribution in [0.1, 0.15) is 5.69 Å². The number of rotatable bonds is 1. The average molecular weight is 261 g/mol. The molecule has 0 saturated carbocycles. The number of nitrogen functional groups attached to an aromatic ring is 1. The lowest BCUT2D eigenvalue weighted by Crippen LogP contribution is -1.99. The molecule has 0 aliphatic heterocycles. The Morgan fingerprint density at radius 1 is 1.28 bits per heavy atom. The lowest BCUT2D eigenvalue weighted by molar-refractivity contribution is 0.992. The normalized spacial score (nSPS) is 11.0. The highest BCUT2D eigenvalue weighted by Gasteiger charge is 2.09. The Kier molecular flexibility index (Phi) is 2.38. The zero-order valence-corrected chi connectivity index (χ0v) is 10.2. The Balaban J connectivity index is 2.18. The number of hydrogen-bond donors (Lipinski definition) is 2. The van der Waals surface area contributed by atoms with E-state index in [0.29, 0.717) is 5.82 Å². The van der Waals surface area contributed by atoms with E-state index in [9.17, 15) is 0 Å². The maximum absolute atomic E-state index is 5.83. The maximum Gasteiger partial charge on any atom is 0.183 e. The quantitative estimate of drug-likeness (QED) is 0.698. The summed E-state index contributed by atoms with van der Waals surface area (Å²) in [5, 5.41) is 15.9. The van der Waals surface area contributed by atoms with E-state index in [4.69, 9.17) is 17.3 Å². The third-order valence-corrected chi connectivity index (χ3v) is 2.95. The third kappa shape index (κ3) is 1.67. The fourth-order valence-corrected chi connectivity index (χ4v) is 1.83. The van der Waals surface area contributed by atoms with Crippen LogP contribution in [0.2, 0.25) is 5.15 Å². The molecule has 0 aliphatic rings. The van der Waals surface area contributed by atoms with Crippen molar-refractivity contribution < 1.29 is 0 Å². The fourth-order valence-electron chi connectivity index (χ4n) is 1.71. The van der Waals surface area contributed by atoms with Gasteiger partial charge in [0.2, 0.25) is 0 Å². The summed E-state index contributed by atoms with van der Waals surface area (Å²) in [5.74, 6) is 0.567. The van der Waals surface area contributed by atoms with Crippen molar-refractivity contribution in [3.63, 3.8) is 0 Å². The molecular weight excluding hydrogens is 252 g/mol. The molecule has 6 nitrogen and oxygen atoms in total. The highest BCUT2D eigenvalue weighted by Crippen LogP contribution is 2.23. The number of aryl methyl sites for hydroxylation is 1. The van der Waals surface area contributed by atoms with Gasteiger partial charge in [-0.3, -0.25) is 5.10 Å². The first-order chi connectivity index (χ1) is 8.65. The summed E-state index contributed by atoms with van der Waals surface area (Å²) in [6.45, 7) is 1.95. The molecule has 0 bridgehead atoms. The third-order valence-electron chi connectivity index (χ3n) is 2.67. The maximum atomic E-state index is 5.83. The largest absolute Gasteiger partial charge is 0.380 e. The second-order valence-electron chi connectivity index (χ2n) is 3.89. The topological polar surface area (TPSA) is 93.4 Å². The van der Waals surface area contributed by atoms with Gasteiger partial charge >= 0.3 is 0 Å². The van der Waals surface area contributed by atoms with Crippen LogP contribution in [-0.2, 0) is 0 Å². The van der Waals surface area contributed by atoms with E-state index in [1.807, 2.05) is 25.1 Å². The second kappa shape index (κ2) is 3.92. The molecule has 2 heterocycles. The van der Waals surface area contributed by atoms with Gasteiger partial charge in [0.05, 0.1) is 5.52 Å². The van der Waals surface area contributed by atoms with Crippen molar-refractivity contribution in [1.29, 1.82) is 0 Å². The number of aromatic amines is 1. The van der Waals surface area contributed by atoms with Gasteiger partial charge in [-0.05, 0) is 25.1 Å². The first-order valence-corrected chi connectivity index (χ1v) is 5.64. The van der Waals surface area contributed by atoms with Gasteiger partial charge in [0, 0.05) is 16.6 Å². The highest BCUT2D eigenvalue weighted by molar-refractivity contribution is 6.31. The molecule has 0 fully saturated rings. The molecule has 18 heavy (non-hydrogen) atoms. The number of nitrogens with one attached hydrogen (secondary N) is 1. The number of halogens is 1. The number of hydrogen-bond acceptors (Lipinski definition) is 5. The van der Waals surface area contributed by atoms with Crippen LogP contribution in [0.25, 0.3) is 22.3 Å². The highest BCUT2D eigenvalue weighted by atomic mass is 35.5. The van der Waals surface area contributed by atoms with Crippen LogP contribution in [-0.4, -0.2) is 25.4 Å². The van der Waals surface area contributed by atoms with Crippen molar-refractivity contribution in [3.05, 3.63) is 29.0 Å². The Bertz CT molecular complexity index is 735. The number of aromatic nitrogens is 5. The van der Waals surface area contributed by atoms with E-state index in [2.05, 4.69) is 25.4 Å². The van der Waals surface area contributed by atoms with Crippen LogP contribution in [0.15, 0.2) is 18.2 Å². The van der Waals surface area contributed by atoms with Gasteiger partial charge in [-0.2, -0.15) is 5.10 Å². The minimum atomic E-state index is 0.126. The summed E-state index contributed by atoms with van der Waals surface area (Å²) in [5.41, 5.74) is 8.18. The zero-order chi connectivity index (χ0) is 12.7. The first-order valence-electron chi connectivity index (χ1n) is 5.26. The molecule has 0 spiro atoms. The van der Waals surface area contributed by atoms with Crippen LogP contribution >= 0.6 is 11.6 Å². The van der Waals surface area contributed by atoms with Gasteiger partial charge in [0.15, 0.2) is 16.8 Å². The Hall–Kier alpha value is -2.21. The average Bonchev–Trinajstić information content (AvgIpc) is 2.74. The van der Waals surface area contributed by atoms with Crippen molar-refractivity contribution in [3.8, 4) is 11.4 Å². The van der Waals surface area contributed by atoms with Crippen molar-refractivity contribution in [2.24, 2.45) is 0 Å². The number of anilines is 1. The number of fused-ring (bicyclic) bond motifs is 1. The van der Waals surface area contributed by atoms with Crippen LogP contribution in [0.5, 0.6) is 0 Å². The minimum Gasteiger partial charge on any atom is -0.380 e. The SMILES string of the molecule is Cc1[nH]nc2ccc(-c3nnc(N)c(Cl)n3)cc12. The van der Waals surface area contributed by atoms with E-state index >= 15 is 0 Å². The van der Waals surface area contributed by atoms with E-state index < -0.39 is 0 Å². The van der Waals surface area contributed by atoms with Crippen LogP contribution < -0.4 is 5.73 Å². The molecule has 1 aromatic carbocycles. The predicted molar refractivity (Wildman–Crippen MR) is 69.1 cm³/mol. The zero-order valence-electron chi connectivity index (χ0n) is 9.48. The molecular formula is C11H9ClN6. The first kappa shape index (κ1) is 10.9. The molecule has 0 unspecified atom stereocenters. The van der Waals surface area contributed by atoms with Crippen molar-refractivity contribution in [2.75, 3.05) is 5.73 Å². The van der Waals surface area contributed by atoms with E-state index in [-0.39, 0.29) is 11.0 Å². The van der Waals surface area contributed by atoms with Crippen molar-refractivity contribution in [2.45, 2.75) is 6.92 Å². The number of H-pyrrole nitrogens is 1. The Morgan fingerprint density at radius 3 is 2.89 bits per heavy atom. The van der Waals surface area contributed by atoms with Gasteiger partial charge in [-0.15, -0.1) is 10.2 Å². The Labute approximate surface area is 107 Å². The van der Waals surface area contributed by atoms with E-state index in [1.165, 1.54) is 0 Å². The van der Waals surface area contributed by atoms with Crippen LogP contribution in [0, 0.1) is 6.92 Å². The minimum absolute atomic E-state index is 0.126. The van der Waals surface area contributed by atoms with Crippen LogP contribution in [0.4, 0.5) is 5.82 Å². The molecule has 0 saturated heterocycles. The Morgan fingerprint density at radius 2 is 2.11 bits per heavy atom. The molecule has 0 atom stereocenters. The summed E-state index contributed by atoms with van der Waals surface area (Å²) < 4.78 is 0. The molecule has 0 aliphatic carbocycles. The summed E-state index contributed by atoms with van der Waals surface area (Å²) in [7, 11) is 0. The fraction of sp³-hybridized carbons (Fsp3) is 0.0909. The summed E-state index contributed by atoms with van der Waals surface area (Å²) >= 11 is 5.83. The van der Waals surface area contributed by atoms with E-state index in [0.717, 1.165) is 22.2 Å². The van der Waals surface area contributed by atoms with Gasteiger partial charge in [-0.25, -0.2) is 4.98 Å². The van der Waals surface area contributed by atoms with Gasteiger partial charge in [-0.1, -0.05) is 11.6 Å². The number of benzene rings is 1. The monoisotopic (exact) mass is 260 g/mol. The lowest BCUT2D eigenvalue weighted by atomic mass is 10.1. The molecule has 2 aromatic heterocycles. The summed E-state index contributed by atoms with van der Waals surface area (Å²) in [4.78, 5) is 4.10. The molecule has 3 N–H and O–H groups in total. The van der Waals surface area contributed by atoms with Gasteiger partial charge in [0.1, 0.15) is 0 Å².